The summed E-state index contributed by atoms with van der Waals surface area (Å²) in [6.45, 7) is 0. The molecule has 0 atom stereocenters. The summed E-state index contributed by atoms with van der Waals surface area (Å²) in [4.78, 5) is 66.1. The molecule has 0 amide bonds. The fraction of sp³-hybridized carbons (Fsp3) is 0. The van der Waals surface area contributed by atoms with Gasteiger partial charge in [-0.15, -0.1) is 11.3 Å². The van der Waals surface area contributed by atoms with E-state index in [9.17, 15) is 0 Å². The van der Waals surface area contributed by atoms with Gasteiger partial charge in [0.25, 0.3) is 0 Å². The van der Waals surface area contributed by atoms with Crippen molar-refractivity contribution in [2.24, 2.45) is 0 Å². The van der Waals surface area contributed by atoms with Crippen LogP contribution in [0.25, 0.3) is 307 Å². The van der Waals surface area contributed by atoms with Crippen molar-refractivity contribution >= 4 is 238 Å². The second-order valence-corrected chi connectivity index (χ2v) is 36.7. The third kappa shape index (κ3) is 10.6. The van der Waals surface area contributed by atoms with Crippen LogP contribution in [-0.2, 0) is 0 Å². The van der Waals surface area contributed by atoms with E-state index in [-0.39, 0.29) is 0 Å². The van der Waals surface area contributed by atoms with Crippen LogP contribution in [0.5, 0.6) is 0 Å². The largest absolute Gasteiger partial charge is 0.454 e. The van der Waals surface area contributed by atoms with Crippen LogP contribution in [0.1, 0.15) is 0 Å². The molecule has 0 aliphatic rings. The first kappa shape index (κ1) is 74.8. The smallest absolute Gasteiger partial charge is 0.235 e. The Morgan fingerprint density at radius 3 is 1.08 bits per heavy atom. The lowest BCUT2D eigenvalue weighted by molar-refractivity contribution is 0.671. The maximum Gasteiger partial charge on any atom is 0.235 e. The molecule has 0 saturated heterocycles. The zero-order valence-electron chi connectivity index (χ0n) is 72.9. The Hall–Kier alpha value is -18.8. The first-order chi connectivity index (χ1) is 68.5. The van der Waals surface area contributed by atoms with E-state index in [2.05, 4.69) is 291 Å². The molecule has 0 bridgehead atoms. The molecule has 17 nitrogen and oxygen atoms in total. The Balaban J connectivity index is 0.625. The van der Waals surface area contributed by atoms with Crippen LogP contribution in [0.4, 0.5) is 0 Å². The zero-order valence-corrected chi connectivity index (χ0v) is 73.7. The predicted octanol–water partition coefficient (Wildman–Crippen LogP) is 29.8. The number of nitrogens with zero attached hydrogens (tertiary/aromatic N) is 16. The van der Waals surface area contributed by atoms with Gasteiger partial charge in [0, 0.05) is 161 Å². The fourth-order valence-electron chi connectivity index (χ4n) is 22.4. The van der Waals surface area contributed by atoms with Crippen molar-refractivity contribution in [2.75, 3.05) is 0 Å². The first-order valence-corrected chi connectivity index (χ1v) is 46.8. The number of para-hydroxylation sites is 6. The van der Waals surface area contributed by atoms with Gasteiger partial charge >= 0.3 is 0 Å². The number of thiophene rings is 1. The molecule has 0 spiro atoms. The Labute approximate surface area is 784 Å². The minimum atomic E-state index is 0.435. The van der Waals surface area contributed by atoms with Crippen LogP contribution in [0.15, 0.2) is 393 Å². The second kappa shape index (κ2) is 28.4. The summed E-state index contributed by atoms with van der Waals surface area (Å²) in [6.07, 6.45) is 11.9. The summed E-state index contributed by atoms with van der Waals surface area (Å²) in [5.74, 6) is 3.25. The summed E-state index contributed by atoms with van der Waals surface area (Å²) >= 11 is 1.81. The zero-order chi connectivity index (χ0) is 89.8. The Kier molecular flexibility index (Phi) is 15.4. The van der Waals surface area contributed by atoms with Crippen molar-refractivity contribution in [3.05, 3.63) is 389 Å². The number of fused-ring (bicyclic) bond motifs is 39. The van der Waals surface area contributed by atoms with Crippen LogP contribution < -0.4 is 0 Å². The average molecular weight is 1780 g/mol. The molecule has 18 heteroatoms. The van der Waals surface area contributed by atoms with E-state index >= 15 is 0 Å². The van der Waals surface area contributed by atoms with E-state index in [0.717, 1.165) is 229 Å². The lowest BCUT2D eigenvalue weighted by atomic mass is 9.93. The van der Waals surface area contributed by atoms with Crippen LogP contribution in [0.3, 0.4) is 0 Å². The standard InChI is InChI=1S/C120H64N16OS/c1-5-27-65(28-6-1)115-121-59-89-71-35-13-14-36-72(71)90-62-125-119(131-106(90)103(89)127-115)135-97-45-23-17-41-81(97)101-83(57-87-76-38-16-21-43-95(76)133(109(87)111(101)135)70-33-11-4-12-34-70)68-49-51-73-85(55-68)93-60-122-117(67-31-9-3-10-32-67)129-105(93)108-92(73)64-126-120(132-108)136-98-46-24-18-42-82(98)102-84(58-88-77-39-19-25-47-99(77)137-113(88)112(102)136)69-50-52-74-86(56-69)94-61-123-116(66-29-7-2-8-30-66)128-104(94)107-91(74)63-124-118(130-107)134-96-44-22-15-37-75(96)79-53-54-80-78-40-20-26-48-100(78)138-114(80)110(79)134/h1-64H. The highest BCUT2D eigenvalue weighted by atomic mass is 32.1. The minimum Gasteiger partial charge on any atom is -0.454 e. The van der Waals surface area contributed by atoms with Gasteiger partial charge in [-0.25, -0.2) is 59.8 Å². The molecule has 31 aromatic rings. The van der Waals surface area contributed by atoms with Crippen molar-refractivity contribution in [2.45, 2.75) is 0 Å². The van der Waals surface area contributed by atoms with Crippen molar-refractivity contribution < 1.29 is 4.42 Å². The van der Waals surface area contributed by atoms with Gasteiger partial charge in [-0.3, -0.25) is 13.7 Å². The predicted molar refractivity (Wildman–Crippen MR) is 562 cm³/mol. The number of benzene rings is 19. The Morgan fingerprint density at radius 2 is 0.565 bits per heavy atom. The van der Waals surface area contributed by atoms with Crippen molar-refractivity contribution in [1.82, 2.24) is 78.1 Å². The lowest BCUT2D eigenvalue weighted by Crippen LogP contribution is -2.04. The molecule has 636 valence electrons. The van der Waals surface area contributed by atoms with Crippen LogP contribution in [-0.4, -0.2) is 78.1 Å². The van der Waals surface area contributed by atoms with Gasteiger partial charge in [-0.2, -0.15) is 0 Å². The number of rotatable bonds is 9. The van der Waals surface area contributed by atoms with Gasteiger partial charge in [-0.05, 0) is 127 Å². The molecule has 0 radical (unpaired) electrons. The average Bonchev–Trinajstić information content (AvgIpc) is 1.55. The quantitative estimate of drug-likeness (QED) is 0.124. The molecule has 0 N–H and O–H groups in total. The van der Waals surface area contributed by atoms with Crippen LogP contribution >= 0.6 is 11.3 Å². The summed E-state index contributed by atoms with van der Waals surface area (Å²) < 4.78 is 18.8. The van der Waals surface area contributed by atoms with Crippen LogP contribution in [0, 0.1) is 0 Å². The highest BCUT2D eigenvalue weighted by molar-refractivity contribution is 7.26. The van der Waals surface area contributed by atoms with Crippen molar-refractivity contribution in [3.63, 3.8) is 0 Å². The third-order valence-electron chi connectivity index (χ3n) is 28.4. The first-order valence-electron chi connectivity index (χ1n) is 46.0. The van der Waals surface area contributed by atoms with Gasteiger partial charge in [0.05, 0.1) is 43.3 Å². The van der Waals surface area contributed by atoms with E-state index in [1.165, 1.54) is 20.2 Å². The van der Waals surface area contributed by atoms with E-state index < -0.39 is 0 Å². The van der Waals surface area contributed by atoms with Crippen molar-refractivity contribution in [3.8, 4) is 79.9 Å². The number of hydrogen-bond donors (Lipinski definition) is 0. The SMILES string of the molecule is c1ccc(-c2ncc3c4cc(-c5cc6c7ccccc7oc6c6c5c5ccccc5n6-c5ncc6c7ccc(-c8cc9c%10ccccc%10n(-c%10ccccc%10)c9c9c8c8ccccc8n9-c8ncc9c%10ccccc%10c%10cnc(-c%11ccccc%11)nc%10c9n8)cc7c7cnc(-c8ccccc8)nc7c6n5)ccc4c4cnc(-n5c6ccccc6c6ccc7c8ccccc8sc7c65)nc4c3n2)cc1. The summed E-state index contributed by atoms with van der Waals surface area (Å²) in [5, 5.41) is 23.7. The van der Waals surface area contributed by atoms with Gasteiger partial charge in [0.15, 0.2) is 23.1 Å². The van der Waals surface area contributed by atoms with Gasteiger partial charge in [-0.1, -0.05) is 279 Å². The maximum absolute atomic E-state index is 7.28. The second-order valence-electron chi connectivity index (χ2n) is 35.7. The number of hydrogen-bond acceptors (Lipinski definition) is 14. The Morgan fingerprint density at radius 1 is 0.210 bits per heavy atom. The maximum atomic E-state index is 7.28. The molecule has 0 aliphatic heterocycles. The van der Waals surface area contributed by atoms with E-state index in [1.807, 2.05) is 116 Å². The molecule has 0 aliphatic carbocycles. The van der Waals surface area contributed by atoms with E-state index in [1.54, 1.807) is 11.3 Å². The summed E-state index contributed by atoms with van der Waals surface area (Å²) in [6, 6.07) is 124. The van der Waals surface area contributed by atoms with E-state index in [0.29, 0.717) is 57.5 Å². The van der Waals surface area contributed by atoms with Crippen LogP contribution in [0.2, 0.25) is 0 Å². The molecule has 12 heterocycles. The molecule has 138 heavy (non-hydrogen) atoms. The summed E-state index contributed by atoms with van der Waals surface area (Å²) in [5.41, 5.74) is 21.0. The monoisotopic (exact) mass is 1780 g/mol. The highest BCUT2D eigenvalue weighted by Gasteiger charge is 2.32. The van der Waals surface area contributed by atoms with E-state index in [4.69, 9.17) is 64.2 Å². The third-order valence-corrected chi connectivity index (χ3v) is 29.6. The molecule has 12 aromatic heterocycles. The molecular weight excluding hydrogens is 1710 g/mol. The number of furan rings is 1. The molecule has 0 fully saturated rings. The summed E-state index contributed by atoms with van der Waals surface area (Å²) in [7, 11) is 0. The lowest BCUT2D eigenvalue weighted by Gasteiger charge is -2.15. The molecule has 0 unspecified atom stereocenters. The Bertz CT molecular complexity index is 10900. The topological polar surface area (TPSA) is 188 Å². The van der Waals surface area contributed by atoms with Crippen molar-refractivity contribution in [1.29, 1.82) is 0 Å². The van der Waals surface area contributed by atoms with Gasteiger partial charge in [0.2, 0.25) is 17.8 Å². The fourth-order valence-corrected chi connectivity index (χ4v) is 23.6. The van der Waals surface area contributed by atoms with Gasteiger partial charge in [0.1, 0.15) is 44.2 Å². The normalized spacial score (nSPS) is 12.3. The molecule has 31 rings (SSSR count). The minimum absolute atomic E-state index is 0.435. The molecule has 19 aromatic carbocycles. The van der Waals surface area contributed by atoms with Gasteiger partial charge < -0.3 is 8.98 Å². The molecule has 0 saturated carbocycles. The highest BCUT2D eigenvalue weighted by Crippen LogP contribution is 2.52. The molecular formula is C120H64N16OS. The number of aromatic nitrogens is 16.